The molecule has 0 spiro atoms. The van der Waals surface area contributed by atoms with E-state index < -0.39 is 0 Å². The molecular formula is C23H27N5O3S. The van der Waals surface area contributed by atoms with E-state index in [2.05, 4.69) is 20.3 Å². The fraction of sp³-hybridized carbons (Fsp3) is 0.435. The summed E-state index contributed by atoms with van der Waals surface area (Å²) in [5.74, 6) is 0.682. The van der Waals surface area contributed by atoms with Crippen LogP contribution in [0.5, 0.6) is 0 Å². The summed E-state index contributed by atoms with van der Waals surface area (Å²) in [5, 5.41) is 3.53. The van der Waals surface area contributed by atoms with Crippen molar-refractivity contribution in [3.63, 3.8) is 0 Å². The molecule has 3 aromatic rings. The van der Waals surface area contributed by atoms with Crippen molar-refractivity contribution in [3.05, 3.63) is 50.5 Å². The minimum absolute atomic E-state index is 0.0298. The highest BCUT2D eigenvalue weighted by Gasteiger charge is 2.28. The van der Waals surface area contributed by atoms with Gasteiger partial charge in [-0.3, -0.25) is 14.4 Å². The summed E-state index contributed by atoms with van der Waals surface area (Å²) in [4.78, 5) is 53.1. The molecule has 0 radical (unpaired) electrons. The number of piperidine rings is 1. The van der Waals surface area contributed by atoms with Gasteiger partial charge in [-0.25, -0.2) is 9.97 Å². The van der Waals surface area contributed by atoms with Gasteiger partial charge in [-0.2, -0.15) is 0 Å². The Morgan fingerprint density at radius 2 is 2.12 bits per heavy atom. The standard InChI is InChI=1S/C23H27N5O3S/c1-13-6-4-10-24-20(13)27-21(30)16-7-5-11-28(12-16)18(29)9-8-17-25-22(31)19-14(2)15(3)32-23(19)26-17/h4,6,10,16H,5,7-9,11-12H2,1-3H3,(H,24,27,30)(H,25,26,31). The summed E-state index contributed by atoms with van der Waals surface area (Å²) in [6, 6.07) is 3.72. The zero-order valence-corrected chi connectivity index (χ0v) is 19.3. The van der Waals surface area contributed by atoms with Crippen molar-refractivity contribution in [2.24, 2.45) is 5.92 Å². The van der Waals surface area contributed by atoms with Crippen LogP contribution >= 0.6 is 11.3 Å². The second-order valence-corrected chi connectivity index (χ2v) is 9.52. The van der Waals surface area contributed by atoms with E-state index in [0.29, 0.717) is 41.4 Å². The molecule has 0 aliphatic carbocycles. The maximum atomic E-state index is 12.8. The minimum atomic E-state index is -0.263. The van der Waals surface area contributed by atoms with Crippen LogP contribution in [0.25, 0.3) is 10.2 Å². The molecule has 8 nitrogen and oxygen atoms in total. The van der Waals surface area contributed by atoms with E-state index in [0.717, 1.165) is 28.8 Å². The highest BCUT2D eigenvalue weighted by molar-refractivity contribution is 7.18. The maximum Gasteiger partial charge on any atom is 0.259 e. The topological polar surface area (TPSA) is 108 Å². The molecule has 0 saturated carbocycles. The number of thiophene rings is 1. The number of amides is 2. The van der Waals surface area contributed by atoms with Crippen LogP contribution in [0.15, 0.2) is 23.1 Å². The Hall–Kier alpha value is -3.07. The molecule has 2 N–H and O–H groups in total. The van der Waals surface area contributed by atoms with Gasteiger partial charge < -0.3 is 15.2 Å². The fourth-order valence-electron chi connectivity index (χ4n) is 4.05. The van der Waals surface area contributed by atoms with Crippen molar-refractivity contribution in [1.82, 2.24) is 19.9 Å². The Morgan fingerprint density at radius 3 is 2.91 bits per heavy atom. The second-order valence-electron chi connectivity index (χ2n) is 8.31. The average molecular weight is 454 g/mol. The molecule has 4 heterocycles. The Balaban J connectivity index is 1.37. The van der Waals surface area contributed by atoms with Gasteiger partial charge in [-0.05, 0) is 50.8 Å². The van der Waals surface area contributed by atoms with E-state index in [1.54, 1.807) is 11.1 Å². The molecule has 1 saturated heterocycles. The summed E-state index contributed by atoms with van der Waals surface area (Å²) >= 11 is 1.50. The lowest BCUT2D eigenvalue weighted by Crippen LogP contribution is -2.44. The van der Waals surface area contributed by atoms with Crippen LogP contribution in [-0.2, 0) is 16.0 Å². The lowest BCUT2D eigenvalue weighted by atomic mass is 9.96. The number of fused-ring (bicyclic) bond motifs is 1. The summed E-state index contributed by atoms with van der Waals surface area (Å²) in [6.07, 6.45) is 3.77. The molecular weight excluding hydrogens is 426 g/mol. The molecule has 1 aliphatic rings. The van der Waals surface area contributed by atoms with Crippen molar-refractivity contribution in [2.75, 3.05) is 18.4 Å². The van der Waals surface area contributed by atoms with Crippen molar-refractivity contribution in [1.29, 1.82) is 0 Å². The van der Waals surface area contributed by atoms with Crippen LogP contribution in [0.3, 0.4) is 0 Å². The number of anilines is 1. The van der Waals surface area contributed by atoms with E-state index >= 15 is 0 Å². The number of rotatable bonds is 5. The van der Waals surface area contributed by atoms with Gasteiger partial charge in [0, 0.05) is 37.0 Å². The van der Waals surface area contributed by atoms with E-state index in [1.807, 2.05) is 32.9 Å². The van der Waals surface area contributed by atoms with Gasteiger partial charge in [0.15, 0.2) is 0 Å². The van der Waals surface area contributed by atoms with Gasteiger partial charge in [-0.1, -0.05) is 6.07 Å². The number of aryl methyl sites for hydroxylation is 4. The summed E-state index contributed by atoms with van der Waals surface area (Å²) in [5.41, 5.74) is 1.71. The average Bonchev–Trinajstić information content (AvgIpc) is 3.07. The van der Waals surface area contributed by atoms with Gasteiger partial charge in [0.25, 0.3) is 5.56 Å². The number of nitrogens with zero attached hydrogens (tertiary/aromatic N) is 3. The number of hydrogen-bond donors (Lipinski definition) is 2. The molecule has 3 aromatic heterocycles. The van der Waals surface area contributed by atoms with Crippen LogP contribution in [0.2, 0.25) is 0 Å². The Labute approximate surface area is 190 Å². The van der Waals surface area contributed by atoms with E-state index in [4.69, 9.17) is 0 Å². The van der Waals surface area contributed by atoms with Gasteiger partial charge in [-0.15, -0.1) is 11.3 Å². The van der Waals surface area contributed by atoms with Crippen LogP contribution in [0.1, 0.15) is 41.1 Å². The summed E-state index contributed by atoms with van der Waals surface area (Å²) in [7, 11) is 0. The highest BCUT2D eigenvalue weighted by Crippen LogP contribution is 2.26. The summed E-state index contributed by atoms with van der Waals surface area (Å²) in [6.45, 7) is 6.82. The van der Waals surface area contributed by atoms with Crippen LogP contribution in [0.4, 0.5) is 5.82 Å². The Morgan fingerprint density at radius 1 is 1.31 bits per heavy atom. The van der Waals surface area contributed by atoms with Crippen LogP contribution in [0, 0.1) is 26.7 Å². The molecule has 1 aliphatic heterocycles. The zero-order chi connectivity index (χ0) is 22.8. The van der Waals surface area contributed by atoms with Crippen LogP contribution < -0.4 is 10.9 Å². The first-order valence-corrected chi connectivity index (χ1v) is 11.6. The third-order valence-corrected chi connectivity index (χ3v) is 7.16. The molecule has 2 amide bonds. The summed E-state index contributed by atoms with van der Waals surface area (Å²) < 4.78 is 0. The first kappa shape index (κ1) is 22.1. The lowest BCUT2D eigenvalue weighted by Gasteiger charge is -2.32. The van der Waals surface area contributed by atoms with Crippen LogP contribution in [-0.4, -0.2) is 44.8 Å². The molecule has 1 atom stereocenters. The van der Waals surface area contributed by atoms with Crippen molar-refractivity contribution < 1.29 is 9.59 Å². The minimum Gasteiger partial charge on any atom is -0.342 e. The number of aromatic amines is 1. The molecule has 32 heavy (non-hydrogen) atoms. The first-order valence-electron chi connectivity index (χ1n) is 10.8. The Bertz CT molecular complexity index is 1230. The normalized spacial score (nSPS) is 16.3. The maximum absolute atomic E-state index is 12.8. The SMILES string of the molecule is Cc1cccnc1NC(=O)C1CCCN(C(=O)CCc2nc3sc(C)c(C)c3c(=O)[nH]2)C1. The molecule has 9 heteroatoms. The van der Waals surface area contributed by atoms with Crippen molar-refractivity contribution >= 4 is 39.2 Å². The number of aromatic nitrogens is 3. The lowest BCUT2D eigenvalue weighted by molar-refractivity contribution is -0.134. The second kappa shape index (κ2) is 9.20. The number of carbonyl (C=O) groups excluding carboxylic acids is 2. The van der Waals surface area contributed by atoms with E-state index in [1.165, 1.54) is 11.3 Å². The monoisotopic (exact) mass is 453 g/mol. The molecule has 4 rings (SSSR count). The predicted molar refractivity (Wildman–Crippen MR) is 125 cm³/mol. The largest absolute Gasteiger partial charge is 0.342 e. The van der Waals surface area contributed by atoms with Gasteiger partial charge in [0.1, 0.15) is 16.5 Å². The smallest absolute Gasteiger partial charge is 0.259 e. The number of pyridine rings is 1. The third kappa shape index (κ3) is 4.57. The van der Waals surface area contributed by atoms with Crippen molar-refractivity contribution in [2.45, 2.75) is 46.5 Å². The van der Waals surface area contributed by atoms with E-state index in [9.17, 15) is 14.4 Å². The van der Waals surface area contributed by atoms with Crippen molar-refractivity contribution in [3.8, 4) is 0 Å². The third-order valence-electron chi connectivity index (χ3n) is 6.06. The van der Waals surface area contributed by atoms with E-state index in [-0.39, 0.29) is 29.7 Å². The molecule has 0 aromatic carbocycles. The number of likely N-dealkylation sites (tertiary alicyclic amines) is 1. The molecule has 1 unspecified atom stereocenters. The molecule has 1 fully saturated rings. The van der Waals surface area contributed by atoms with Gasteiger partial charge in [0.05, 0.1) is 11.3 Å². The number of hydrogen-bond acceptors (Lipinski definition) is 6. The number of H-pyrrole nitrogens is 1. The number of nitrogens with one attached hydrogen (secondary N) is 2. The Kier molecular flexibility index (Phi) is 6.36. The quantitative estimate of drug-likeness (QED) is 0.617. The van der Waals surface area contributed by atoms with Gasteiger partial charge >= 0.3 is 0 Å². The first-order chi connectivity index (χ1) is 15.3. The van der Waals surface area contributed by atoms with Gasteiger partial charge in [0.2, 0.25) is 11.8 Å². The predicted octanol–water partition coefficient (Wildman–Crippen LogP) is 3.11. The highest BCUT2D eigenvalue weighted by atomic mass is 32.1. The molecule has 0 bridgehead atoms. The fourth-order valence-corrected chi connectivity index (χ4v) is 5.10. The number of carbonyl (C=O) groups is 2. The zero-order valence-electron chi connectivity index (χ0n) is 18.5. The molecule has 168 valence electrons.